The normalized spacial score (nSPS) is 30.6. The zero-order valence-electron chi connectivity index (χ0n) is 12.2. The van der Waals surface area contributed by atoms with E-state index < -0.39 is 0 Å². The van der Waals surface area contributed by atoms with E-state index in [1.807, 2.05) is 12.1 Å². The zero-order valence-corrected chi connectivity index (χ0v) is 13.0. The highest BCUT2D eigenvalue weighted by atomic mass is 35.5. The molecule has 1 heterocycles. The van der Waals surface area contributed by atoms with Gasteiger partial charge in [0.2, 0.25) is 0 Å². The van der Waals surface area contributed by atoms with Gasteiger partial charge in [0.25, 0.3) is 5.56 Å². The number of hydrogen-bond acceptors (Lipinski definition) is 3. The van der Waals surface area contributed by atoms with Crippen LogP contribution in [-0.4, -0.2) is 17.1 Å². The van der Waals surface area contributed by atoms with Gasteiger partial charge in [-0.25, -0.2) is 0 Å². The predicted molar refractivity (Wildman–Crippen MR) is 87.4 cm³/mol. The molecule has 2 saturated carbocycles. The van der Waals surface area contributed by atoms with Gasteiger partial charge in [0, 0.05) is 17.6 Å². The third kappa shape index (κ3) is 2.31. The summed E-state index contributed by atoms with van der Waals surface area (Å²) in [5, 5.41) is 1.94. The van der Waals surface area contributed by atoms with E-state index in [-0.39, 0.29) is 11.7 Å². The van der Waals surface area contributed by atoms with Crippen molar-refractivity contribution in [3.05, 3.63) is 39.8 Å². The Labute approximate surface area is 133 Å². The summed E-state index contributed by atoms with van der Waals surface area (Å²) in [5.74, 6) is 1.73. The fourth-order valence-corrected chi connectivity index (χ4v) is 4.35. The number of fused-ring (bicyclic) bond motifs is 3. The fraction of sp³-hybridized carbons (Fsp3) is 0.471. The molecule has 0 aliphatic heterocycles. The first-order valence-electron chi connectivity index (χ1n) is 7.85. The minimum atomic E-state index is -0.130. The van der Waals surface area contributed by atoms with Gasteiger partial charge < -0.3 is 15.5 Å². The number of aromatic amines is 1. The Hall–Kier alpha value is -1.52. The molecule has 2 bridgehead atoms. The summed E-state index contributed by atoms with van der Waals surface area (Å²) >= 11 is 6.34. The SMILES string of the molecule is NC1C[C@H]2CC[C@@H](C1)C2Oc1cc2cc[nH]c(=O)c2cc1Cl. The van der Waals surface area contributed by atoms with Crippen LogP contribution >= 0.6 is 11.6 Å². The second kappa shape index (κ2) is 5.28. The number of ether oxygens (including phenoxy) is 1. The zero-order chi connectivity index (χ0) is 15.3. The highest BCUT2D eigenvalue weighted by Crippen LogP contribution is 2.44. The molecule has 0 amide bonds. The molecule has 0 saturated heterocycles. The molecule has 4 rings (SSSR count). The molecule has 1 aromatic carbocycles. The van der Waals surface area contributed by atoms with E-state index in [0.29, 0.717) is 34.0 Å². The van der Waals surface area contributed by atoms with E-state index in [1.54, 1.807) is 12.3 Å². The molecule has 2 unspecified atom stereocenters. The second-order valence-electron chi connectivity index (χ2n) is 6.59. The molecule has 2 fully saturated rings. The molecular formula is C17H19ClN2O2. The van der Waals surface area contributed by atoms with E-state index in [9.17, 15) is 4.79 Å². The van der Waals surface area contributed by atoms with Crippen molar-refractivity contribution in [2.75, 3.05) is 0 Å². The monoisotopic (exact) mass is 318 g/mol. The summed E-state index contributed by atoms with van der Waals surface area (Å²) in [4.78, 5) is 14.5. The number of nitrogens with one attached hydrogen (secondary N) is 1. The van der Waals surface area contributed by atoms with Crippen LogP contribution in [0.2, 0.25) is 5.02 Å². The van der Waals surface area contributed by atoms with Gasteiger partial charge in [-0.3, -0.25) is 4.79 Å². The van der Waals surface area contributed by atoms with Crippen molar-refractivity contribution in [1.29, 1.82) is 0 Å². The maximum atomic E-state index is 11.8. The molecule has 1 aromatic heterocycles. The molecule has 4 nitrogen and oxygen atoms in total. The molecule has 5 heteroatoms. The smallest absolute Gasteiger partial charge is 0.255 e. The van der Waals surface area contributed by atoms with Crippen molar-refractivity contribution in [2.24, 2.45) is 17.6 Å². The van der Waals surface area contributed by atoms with Crippen molar-refractivity contribution >= 4 is 22.4 Å². The van der Waals surface area contributed by atoms with Crippen molar-refractivity contribution in [2.45, 2.75) is 37.8 Å². The number of benzene rings is 1. The largest absolute Gasteiger partial charge is 0.488 e. The van der Waals surface area contributed by atoms with E-state index in [4.69, 9.17) is 22.1 Å². The minimum Gasteiger partial charge on any atom is -0.488 e. The van der Waals surface area contributed by atoms with Crippen molar-refractivity contribution in [1.82, 2.24) is 4.98 Å². The van der Waals surface area contributed by atoms with Gasteiger partial charge in [0.15, 0.2) is 0 Å². The van der Waals surface area contributed by atoms with Crippen LogP contribution in [0, 0.1) is 11.8 Å². The van der Waals surface area contributed by atoms with E-state index in [2.05, 4.69) is 4.98 Å². The maximum absolute atomic E-state index is 11.8. The second-order valence-corrected chi connectivity index (χ2v) is 7.00. The van der Waals surface area contributed by atoms with E-state index in [0.717, 1.165) is 18.2 Å². The number of H-pyrrole nitrogens is 1. The summed E-state index contributed by atoms with van der Waals surface area (Å²) in [5.41, 5.74) is 5.98. The highest BCUT2D eigenvalue weighted by molar-refractivity contribution is 6.32. The lowest BCUT2D eigenvalue weighted by atomic mass is 9.83. The molecule has 0 spiro atoms. The lowest BCUT2D eigenvalue weighted by Gasteiger charge is -2.34. The first kappa shape index (κ1) is 14.1. The Balaban J connectivity index is 1.67. The Kier molecular flexibility index (Phi) is 3.39. The van der Waals surface area contributed by atoms with Crippen LogP contribution in [0.15, 0.2) is 29.2 Å². The van der Waals surface area contributed by atoms with Gasteiger partial charge in [0.05, 0.1) is 5.02 Å². The van der Waals surface area contributed by atoms with Gasteiger partial charge in [-0.05, 0) is 61.1 Å². The number of nitrogens with two attached hydrogens (primary N) is 1. The number of halogens is 1. The first-order valence-corrected chi connectivity index (χ1v) is 8.23. The fourth-order valence-electron chi connectivity index (χ4n) is 4.14. The van der Waals surface area contributed by atoms with Gasteiger partial charge >= 0.3 is 0 Å². The Bertz CT molecular complexity index is 759. The van der Waals surface area contributed by atoms with Crippen LogP contribution < -0.4 is 16.0 Å². The third-order valence-corrected chi connectivity index (χ3v) is 5.43. The van der Waals surface area contributed by atoms with Gasteiger partial charge in [-0.2, -0.15) is 0 Å². The summed E-state index contributed by atoms with van der Waals surface area (Å²) in [7, 11) is 0. The van der Waals surface area contributed by atoms with Gasteiger partial charge in [-0.15, -0.1) is 0 Å². The quantitative estimate of drug-likeness (QED) is 0.894. The van der Waals surface area contributed by atoms with Crippen LogP contribution in [-0.2, 0) is 0 Å². The van der Waals surface area contributed by atoms with Crippen LogP contribution in [0.3, 0.4) is 0 Å². The minimum absolute atomic E-state index is 0.130. The van der Waals surface area contributed by atoms with E-state index in [1.165, 1.54) is 12.8 Å². The molecule has 3 N–H and O–H groups in total. The number of hydrogen-bond donors (Lipinski definition) is 2. The van der Waals surface area contributed by atoms with Crippen molar-refractivity contribution in [3.8, 4) is 5.75 Å². The lowest BCUT2D eigenvalue weighted by Crippen LogP contribution is -2.40. The van der Waals surface area contributed by atoms with Gasteiger partial charge in [0.1, 0.15) is 11.9 Å². The Morgan fingerprint density at radius 1 is 1.23 bits per heavy atom. The molecule has 2 aromatic rings. The molecule has 0 radical (unpaired) electrons. The Morgan fingerprint density at radius 2 is 1.95 bits per heavy atom. The number of pyridine rings is 1. The number of rotatable bonds is 2. The number of aromatic nitrogens is 1. The average Bonchev–Trinajstić information content (AvgIpc) is 2.72. The van der Waals surface area contributed by atoms with Crippen LogP contribution in [0.5, 0.6) is 5.75 Å². The molecule has 4 atom stereocenters. The molecule has 116 valence electrons. The predicted octanol–water partition coefficient (Wildman–Crippen LogP) is 3.08. The average molecular weight is 319 g/mol. The topological polar surface area (TPSA) is 68.1 Å². The highest BCUT2D eigenvalue weighted by Gasteiger charge is 2.43. The lowest BCUT2D eigenvalue weighted by molar-refractivity contribution is 0.0756. The van der Waals surface area contributed by atoms with Crippen LogP contribution in [0.25, 0.3) is 10.8 Å². The van der Waals surface area contributed by atoms with Crippen molar-refractivity contribution in [3.63, 3.8) is 0 Å². The molecule has 2 aliphatic carbocycles. The first-order chi connectivity index (χ1) is 10.6. The third-order valence-electron chi connectivity index (χ3n) is 5.14. The summed E-state index contributed by atoms with van der Waals surface area (Å²) in [6.45, 7) is 0. The summed E-state index contributed by atoms with van der Waals surface area (Å²) in [6.07, 6.45) is 6.29. The van der Waals surface area contributed by atoms with Crippen LogP contribution in [0.4, 0.5) is 0 Å². The van der Waals surface area contributed by atoms with Crippen molar-refractivity contribution < 1.29 is 4.74 Å². The standard InChI is InChI=1S/C17H19ClN2O2/c18-14-8-13-9(3-4-20-17(13)21)7-15(14)22-16-10-1-2-11(16)6-12(19)5-10/h3-4,7-8,10-12,16H,1-2,5-6,19H2,(H,20,21)/t10-,11+,12?,16?. The summed E-state index contributed by atoms with van der Waals surface area (Å²) in [6, 6.07) is 5.75. The summed E-state index contributed by atoms with van der Waals surface area (Å²) < 4.78 is 6.27. The Morgan fingerprint density at radius 3 is 2.68 bits per heavy atom. The van der Waals surface area contributed by atoms with E-state index >= 15 is 0 Å². The molecule has 2 aliphatic rings. The molecular weight excluding hydrogens is 300 g/mol. The maximum Gasteiger partial charge on any atom is 0.255 e. The van der Waals surface area contributed by atoms with Crippen LogP contribution in [0.1, 0.15) is 25.7 Å². The van der Waals surface area contributed by atoms with Gasteiger partial charge in [-0.1, -0.05) is 11.6 Å². The molecule has 22 heavy (non-hydrogen) atoms.